The van der Waals surface area contributed by atoms with Crippen molar-refractivity contribution in [2.24, 2.45) is 11.7 Å². The highest BCUT2D eigenvalue weighted by Crippen LogP contribution is 2.46. The topological polar surface area (TPSA) is 105 Å². The number of nitrogens with two attached hydrogens (primary N) is 1. The lowest BCUT2D eigenvalue weighted by Crippen LogP contribution is -2.51. The second kappa shape index (κ2) is 6.72. The molecule has 3 amide bonds. The molecule has 26 heavy (non-hydrogen) atoms. The van der Waals surface area contributed by atoms with Crippen LogP contribution in [0.25, 0.3) is 0 Å². The fraction of sp³-hybridized carbons (Fsp3) is 0.526. The number of likely N-dealkylation sites (tertiary alicyclic amines) is 1. The van der Waals surface area contributed by atoms with Crippen LogP contribution < -0.4 is 16.4 Å². The van der Waals surface area contributed by atoms with Crippen molar-refractivity contribution in [1.29, 1.82) is 0 Å². The van der Waals surface area contributed by atoms with Crippen molar-refractivity contribution in [2.75, 3.05) is 18.9 Å². The van der Waals surface area contributed by atoms with E-state index in [0.717, 1.165) is 11.3 Å². The van der Waals surface area contributed by atoms with E-state index in [4.69, 9.17) is 5.73 Å². The van der Waals surface area contributed by atoms with E-state index in [0.29, 0.717) is 12.3 Å². The van der Waals surface area contributed by atoms with Gasteiger partial charge in [-0.05, 0) is 37.4 Å². The maximum atomic E-state index is 13.1. The molecule has 0 bridgehead atoms. The largest absolute Gasteiger partial charge is 0.368 e. The van der Waals surface area contributed by atoms with Crippen molar-refractivity contribution in [3.63, 3.8) is 0 Å². The first-order chi connectivity index (χ1) is 12.3. The van der Waals surface area contributed by atoms with Crippen molar-refractivity contribution in [3.05, 3.63) is 29.8 Å². The normalized spacial score (nSPS) is 25.5. The maximum absolute atomic E-state index is 13.1. The van der Waals surface area contributed by atoms with Crippen LogP contribution in [0.3, 0.4) is 0 Å². The minimum atomic E-state index is -0.915. The molecule has 1 unspecified atom stereocenters. The van der Waals surface area contributed by atoms with Crippen molar-refractivity contribution in [2.45, 2.75) is 44.2 Å². The predicted molar refractivity (Wildman–Crippen MR) is 98.4 cm³/mol. The van der Waals surface area contributed by atoms with Gasteiger partial charge in [0.1, 0.15) is 6.04 Å². The molecule has 1 aromatic carbocycles. The number of benzene rings is 1. The Hall–Kier alpha value is -2.41. The molecule has 0 radical (unpaired) electrons. The molecule has 0 aliphatic carbocycles. The van der Waals surface area contributed by atoms with Gasteiger partial charge in [0, 0.05) is 12.2 Å². The number of nitrogens with zero attached hydrogens (tertiary/aromatic N) is 1. The van der Waals surface area contributed by atoms with Crippen LogP contribution in [-0.2, 0) is 19.8 Å². The average Bonchev–Trinajstić information content (AvgIpc) is 3.13. The quantitative estimate of drug-likeness (QED) is 0.717. The third-order valence-electron chi connectivity index (χ3n) is 5.45. The molecule has 1 fully saturated rings. The van der Waals surface area contributed by atoms with Crippen LogP contribution in [0.5, 0.6) is 0 Å². The van der Waals surface area contributed by atoms with Gasteiger partial charge in [-0.25, -0.2) is 0 Å². The SMILES string of the molecule is CNC(CC(C)C)C(=O)N1C[C@]2(C[C@H]1C(N)=O)C(=O)Nc1ccccc12. The molecular formula is C19H26N4O3. The van der Waals surface area contributed by atoms with Crippen LogP contribution >= 0.6 is 0 Å². The van der Waals surface area contributed by atoms with Gasteiger partial charge in [-0.2, -0.15) is 0 Å². The molecule has 1 aromatic rings. The standard InChI is InChI=1S/C19H26N4O3/c1-11(2)8-14(21-3)17(25)23-10-19(9-15(23)16(20)24)12-6-4-5-7-13(12)22-18(19)26/h4-7,11,14-15,21H,8-10H2,1-3H3,(H2,20,24)(H,22,26)/t14?,15-,19-/m0/s1. The van der Waals surface area contributed by atoms with Gasteiger partial charge in [-0.15, -0.1) is 0 Å². The Balaban J connectivity index is 1.96. The summed E-state index contributed by atoms with van der Waals surface area (Å²) in [5.41, 5.74) is 6.25. The summed E-state index contributed by atoms with van der Waals surface area (Å²) in [7, 11) is 1.73. The van der Waals surface area contributed by atoms with Crippen LogP contribution in [-0.4, -0.2) is 48.3 Å². The number of anilines is 1. The van der Waals surface area contributed by atoms with Crippen LogP contribution in [0.2, 0.25) is 0 Å². The van der Waals surface area contributed by atoms with Crippen molar-refractivity contribution in [1.82, 2.24) is 10.2 Å². The summed E-state index contributed by atoms with van der Waals surface area (Å²) < 4.78 is 0. The highest BCUT2D eigenvalue weighted by Gasteiger charge is 2.57. The molecule has 2 aliphatic rings. The Morgan fingerprint density at radius 3 is 2.69 bits per heavy atom. The zero-order valence-electron chi connectivity index (χ0n) is 15.4. The highest BCUT2D eigenvalue weighted by molar-refractivity contribution is 6.08. The first-order valence-electron chi connectivity index (χ1n) is 8.98. The Kier molecular flexibility index (Phi) is 4.75. The lowest BCUT2D eigenvalue weighted by molar-refractivity contribution is -0.139. The Labute approximate surface area is 153 Å². The Morgan fingerprint density at radius 2 is 2.08 bits per heavy atom. The molecule has 0 aromatic heterocycles. The number of fused-ring (bicyclic) bond motifs is 2. The number of nitrogens with one attached hydrogen (secondary N) is 2. The number of rotatable bonds is 5. The number of primary amides is 1. The zero-order chi connectivity index (χ0) is 19.1. The van der Waals surface area contributed by atoms with Gasteiger partial charge in [-0.3, -0.25) is 14.4 Å². The van der Waals surface area contributed by atoms with E-state index < -0.39 is 23.4 Å². The van der Waals surface area contributed by atoms with Crippen molar-refractivity contribution >= 4 is 23.4 Å². The Bertz CT molecular complexity index is 748. The summed E-state index contributed by atoms with van der Waals surface area (Å²) in [6.07, 6.45) is 0.863. The number of para-hydroxylation sites is 1. The molecule has 1 saturated heterocycles. The maximum Gasteiger partial charge on any atom is 0.240 e. The third kappa shape index (κ3) is 2.86. The van der Waals surface area contributed by atoms with E-state index in [2.05, 4.69) is 10.6 Å². The minimum absolute atomic E-state index is 0.165. The van der Waals surface area contributed by atoms with Gasteiger partial charge >= 0.3 is 0 Å². The number of carbonyl (C=O) groups excluding carboxylic acids is 3. The van der Waals surface area contributed by atoms with E-state index >= 15 is 0 Å². The number of likely N-dealkylation sites (N-methyl/N-ethyl adjacent to an activating group) is 1. The molecule has 0 saturated carbocycles. The molecule has 7 nitrogen and oxygen atoms in total. The summed E-state index contributed by atoms with van der Waals surface area (Å²) in [4.78, 5) is 39.5. The summed E-state index contributed by atoms with van der Waals surface area (Å²) >= 11 is 0. The van der Waals surface area contributed by atoms with Crippen molar-refractivity contribution < 1.29 is 14.4 Å². The summed E-state index contributed by atoms with van der Waals surface area (Å²) in [5.74, 6) is -0.619. The number of hydrogen-bond donors (Lipinski definition) is 3. The van der Waals surface area contributed by atoms with Crippen molar-refractivity contribution in [3.8, 4) is 0 Å². The van der Waals surface area contributed by atoms with Crippen LogP contribution in [0.15, 0.2) is 24.3 Å². The first kappa shape index (κ1) is 18.4. The predicted octanol–water partition coefficient (Wildman–Crippen LogP) is 0.597. The van der Waals surface area contributed by atoms with Crippen LogP contribution in [0.1, 0.15) is 32.3 Å². The molecular weight excluding hydrogens is 332 g/mol. The fourth-order valence-electron chi connectivity index (χ4n) is 4.14. The van der Waals surface area contributed by atoms with E-state index in [-0.39, 0.29) is 24.8 Å². The fourth-order valence-corrected chi connectivity index (χ4v) is 4.14. The molecule has 1 spiro atoms. The molecule has 7 heteroatoms. The Morgan fingerprint density at radius 1 is 1.38 bits per heavy atom. The lowest BCUT2D eigenvalue weighted by atomic mass is 9.79. The van der Waals surface area contributed by atoms with Gasteiger partial charge in [0.15, 0.2) is 0 Å². The summed E-state index contributed by atoms with van der Waals surface area (Å²) in [5, 5.41) is 5.91. The second-order valence-electron chi connectivity index (χ2n) is 7.64. The van der Waals surface area contributed by atoms with Gasteiger partial charge in [0.25, 0.3) is 0 Å². The van der Waals surface area contributed by atoms with Gasteiger partial charge in [-0.1, -0.05) is 32.0 Å². The molecule has 2 aliphatic heterocycles. The lowest BCUT2D eigenvalue weighted by Gasteiger charge is -2.28. The van der Waals surface area contributed by atoms with E-state index in [1.807, 2.05) is 38.1 Å². The number of amides is 3. The summed E-state index contributed by atoms with van der Waals surface area (Å²) in [6, 6.07) is 6.22. The van der Waals surface area contributed by atoms with Crippen LogP contribution in [0.4, 0.5) is 5.69 Å². The average molecular weight is 358 g/mol. The monoisotopic (exact) mass is 358 g/mol. The smallest absolute Gasteiger partial charge is 0.240 e. The molecule has 140 valence electrons. The van der Waals surface area contributed by atoms with E-state index in [1.165, 1.54) is 4.90 Å². The van der Waals surface area contributed by atoms with E-state index in [1.54, 1.807) is 7.05 Å². The zero-order valence-corrected chi connectivity index (χ0v) is 15.4. The second-order valence-corrected chi connectivity index (χ2v) is 7.64. The molecule has 2 heterocycles. The first-order valence-corrected chi connectivity index (χ1v) is 8.98. The third-order valence-corrected chi connectivity index (χ3v) is 5.45. The highest BCUT2D eigenvalue weighted by atomic mass is 16.2. The van der Waals surface area contributed by atoms with Crippen LogP contribution in [0, 0.1) is 5.92 Å². The molecule has 4 N–H and O–H groups in total. The number of carbonyl (C=O) groups is 3. The van der Waals surface area contributed by atoms with Gasteiger partial charge in [0.2, 0.25) is 17.7 Å². The number of hydrogen-bond acceptors (Lipinski definition) is 4. The summed E-state index contributed by atoms with van der Waals surface area (Å²) in [6.45, 7) is 4.24. The van der Waals surface area contributed by atoms with E-state index in [9.17, 15) is 14.4 Å². The van der Waals surface area contributed by atoms with Gasteiger partial charge in [0.05, 0.1) is 11.5 Å². The minimum Gasteiger partial charge on any atom is -0.368 e. The molecule has 3 rings (SSSR count). The molecule has 3 atom stereocenters. The van der Waals surface area contributed by atoms with Gasteiger partial charge < -0.3 is 21.3 Å².